The molecule has 2 atom stereocenters. The largest absolute Gasteiger partial charge is 0.369 e. The molecule has 0 saturated carbocycles. The molecule has 3 N–H and O–H groups in total. The van der Waals surface area contributed by atoms with Crippen LogP contribution >= 0.6 is 0 Å². The van der Waals surface area contributed by atoms with Crippen molar-refractivity contribution in [2.45, 2.75) is 31.7 Å². The number of amides is 2. The van der Waals surface area contributed by atoms with Gasteiger partial charge >= 0.3 is 0 Å². The van der Waals surface area contributed by atoms with Gasteiger partial charge in [-0.05, 0) is 32.7 Å². The fourth-order valence-electron chi connectivity index (χ4n) is 2.60. The summed E-state index contributed by atoms with van der Waals surface area (Å²) in [7, 11) is 0. The van der Waals surface area contributed by atoms with Crippen molar-refractivity contribution in [2.24, 2.45) is 11.7 Å². The smallest absolute Gasteiger partial charge is 0.242 e. The summed E-state index contributed by atoms with van der Waals surface area (Å²) in [5.41, 5.74) is 4.83. The Morgan fingerprint density at radius 1 is 1.50 bits per heavy atom. The quantitative estimate of drug-likeness (QED) is 0.663. The lowest BCUT2D eigenvalue weighted by Gasteiger charge is -2.29. The molecule has 0 aromatic carbocycles. The third-order valence-corrected chi connectivity index (χ3v) is 3.72. The molecule has 0 radical (unpaired) electrons. The third kappa shape index (κ3) is 1.91. The number of carbonyl (C=O) groups excluding carboxylic acids is 2. The van der Waals surface area contributed by atoms with Crippen molar-refractivity contribution in [3.8, 4) is 0 Å². The summed E-state index contributed by atoms with van der Waals surface area (Å²) in [5, 5.41) is 3.25. The number of likely N-dealkylation sites (tertiary alicyclic amines) is 1. The minimum Gasteiger partial charge on any atom is -0.369 e. The molecule has 0 aromatic rings. The summed E-state index contributed by atoms with van der Waals surface area (Å²) >= 11 is 0. The molecule has 0 bridgehead atoms. The van der Waals surface area contributed by atoms with Crippen molar-refractivity contribution in [1.82, 2.24) is 10.2 Å². The molecule has 2 rings (SSSR count). The van der Waals surface area contributed by atoms with E-state index in [-0.39, 0.29) is 17.7 Å². The summed E-state index contributed by atoms with van der Waals surface area (Å²) in [6.07, 6.45) is 2.62. The van der Waals surface area contributed by atoms with Crippen LogP contribution in [0.25, 0.3) is 0 Å². The van der Waals surface area contributed by atoms with Gasteiger partial charge in [0.1, 0.15) is 0 Å². The fraction of sp³-hybridized carbons (Fsp3) is 0.818. The number of nitrogens with one attached hydrogen (secondary N) is 1. The van der Waals surface area contributed by atoms with Gasteiger partial charge in [0, 0.05) is 13.1 Å². The zero-order valence-electron chi connectivity index (χ0n) is 9.66. The van der Waals surface area contributed by atoms with Crippen LogP contribution in [0, 0.1) is 5.92 Å². The van der Waals surface area contributed by atoms with E-state index in [0.29, 0.717) is 19.5 Å². The van der Waals surface area contributed by atoms with E-state index >= 15 is 0 Å². The lowest BCUT2D eigenvalue weighted by Crippen LogP contribution is -2.52. The first-order valence-corrected chi connectivity index (χ1v) is 5.87. The van der Waals surface area contributed by atoms with Crippen molar-refractivity contribution >= 4 is 11.8 Å². The zero-order chi connectivity index (χ0) is 11.8. The van der Waals surface area contributed by atoms with Crippen LogP contribution < -0.4 is 11.1 Å². The summed E-state index contributed by atoms with van der Waals surface area (Å²) < 4.78 is 0. The predicted octanol–water partition coefficient (Wildman–Crippen LogP) is -0.538. The van der Waals surface area contributed by atoms with E-state index in [1.165, 1.54) is 0 Å². The Hall–Kier alpha value is -1.10. The lowest BCUT2D eigenvalue weighted by molar-refractivity contribution is -0.136. The maximum absolute atomic E-state index is 12.2. The minimum atomic E-state index is -0.424. The molecule has 0 aromatic heterocycles. The Labute approximate surface area is 95.3 Å². The van der Waals surface area contributed by atoms with Crippen LogP contribution in [0.3, 0.4) is 0 Å². The van der Waals surface area contributed by atoms with E-state index < -0.39 is 5.54 Å². The highest BCUT2D eigenvalue weighted by Gasteiger charge is 2.41. The molecule has 2 saturated heterocycles. The van der Waals surface area contributed by atoms with Gasteiger partial charge in [0.15, 0.2) is 0 Å². The molecule has 2 amide bonds. The molecule has 2 unspecified atom stereocenters. The van der Waals surface area contributed by atoms with Crippen LogP contribution in [0.1, 0.15) is 26.2 Å². The van der Waals surface area contributed by atoms with Gasteiger partial charge in [-0.25, -0.2) is 0 Å². The molecular formula is C11H19N3O2. The van der Waals surface area contributed by atoms with Crippen molar-refractivity contribution < 1.29 is 9.59 Å². The zero-order valence-corrected chi connectivity index (χ0v) is 9.66. The molecule has 5 nitrogen and oxygen atoms in total. The summed E-state index contributed by atoms with van der Waals surface area (Å²) in [4.78, 5) is 25.1. The second kappa shape index (κ2) is 4.05. The number of hydrogen-bond donors (Lipinski definition) is 2. The topological polar surface area (TPSA) is 75.4 Å². The Balaban J connectivity index is 1.99. The highest BCUT2D eigenvalue weighted by atomic mass is 16.2. The van der Waals surface area contributed by atoms with Gasteiger partial charge in [-0.15, -0.1) is 0 Å². The summed E-state index contributed by atoms with van der Waals surface area (Å²) in [6, 6.07) is 0. The SMILES string of the molecule is CC1(C(=O)N2CCC(C(N)=O)C2)CCCN1. The van der Waals surface area contributed by atoms with Crippen LogP contribution in [-0.2, 0) is 9.59 Å². The first-order chi connectivity index (χ1) is 7.53. The molecule has 90 valence electrons. The van der Waals surface area contributed by atoms with Gasteiger partial charge in [0.05, 0.1) is 11.5 Å². The van der Waals surface area contributed by atoms with E-state index in [9.17, 15) is 9.59 Å². The van der Waals surface area contributed by atoms with E-state index in [4.69, 9.17) is 5.73 Å². The number of carbonyl (C=O) groups is 2. The average molecular weight is 225 g/mol. The van der Waals surface area contributed by atoms with E-state index in [1.807, 2.05) is 6.92 Å². The molecule has 0 aliphatic carbocycles. The highest BCUT2D eigenvalue weighted by Crippen LogP contribution is 2.25. The second-order valence-corrected chi connectivity index (χ2v) is 5.00. The first-order valence-electron chi connectivity index (χ1n) is 5.87. The summed E-state index contributed by atoms with van der Waals surface area (Å²) in [5.74, 6) is -0.331. The minimum absolute atomic E-state index is 0.119. The van der Waals surface area contributed by atoms with Crippen LogP contribution in [0.4, 0.5) is 0 Å². The maximum atomic E-state index is 12.2. The van der Waals surface area contributed by atoms with Gasteiger partial charge in [-0.2, -0.15) is 0 Å². The number of primary amides is 1. The Morgan fingerprint density at radius 3 is 2.75 bits per heavy atom. The van der Waals surface area contributed by atoms with E-state index in [0.717, 1.165) is 19.4 Å². The van der Waals surface area contributed by atoms with Gasteiger partial charge in [-0.3, -0.25) is 9.59 Å². The Bertz CT molecular complexity index is 310. The van der Waals surface area contributed by atoms with Crippen molar-refractivity contribution in [3.63, 3.8) is 0 Å². The maximum Gasteiger partial charge on any atom is 0.242 e. The molecule has 0 spiro atoms. The highest BCUT2D eigenvalue weighted by molar-refractivity contribution is 5.87. The average Bonchev–Trinajstić information content (AvgIpc) is 2.85. The second-order valence-electron chi connectivity index (χ2n) is 5.00. The predicted molar refractivity (Wildman–Crippen MR) is 59.5 cm³/mol. The van der Waals surface area contributed by atoms with Gasteiger partial charge in [-0.1, -0.05) is 0 Å². The van der Waals surface area contributed by atoms with E-state index in [1.54, 1.807) is 4.90 Å². The van der Waals surface area contributed by atoms with Crippen molar-refractivity contribution in [1.29, 1.82) is 0 Å². The number of nitrogens with zero attached hydrogens (tertiary/aromatic N) is 1. The monoisotopic (exact) mass is 225 g/mol. The van der Waals surface area contributed by atoms with Crippen LogP contribution in [0.15, 0.2) is 0 Å². The molecular weight excluding hydrogens is 206 g/mol. The molecule has 2 heterocycles. The third-order valence-electron chi connectivity index (χ3n) is 3.72. The molecule has 5 heteroatoms. The Morgan fingerprint density at radius 2 is 2.25 bits per heavy atom. The Kier molecular flexibility index (Phi) is 2.88. The van der Waals surface area contributed by atoms with Crippen LogP contribution in [0.5, 0.6) is 0 Å². The van der Waals surface area contributed by atoms with Crippen molar-refractivity contribution in [2.75, 3.05) is 19.6 Å². The van der Waals surface area contributed by atoms with E-state index in [2.05, 4.69) is 5.32 Å². The van der Waals surface area contributed by atoms with Gasteiger partial charge in [0.25, 0.3) is 0 Å². The fourth-order valence-corrected chi connectivity index (χ4v) is 2.60. The number of hydrogen-bond acceptors (Lipinski definition) is 3. The molecule has 16 heavy (non-hydrogen) atoms. The molecule has 2 fully saturated rings. The number of rotatable bonds is 2. The molecule has 2 aliphatic rings. The standard InChI is InChI=1S/C11H19N3O2/c1-11(4-2-5-13-11)10(16)14-6-3-8(7-14)9(12)15/h8,13H,2-7H2,1H3,(H2,12,15). The lowest BCUT2D eigenvalue weighted by atomic mass is 9.98. The van der Waals surface area contributed by atoms with Crippen LogP contribution in [0.2, 0.25) is 0 Å². The first kappa shape index (κ1) is 11.4. The number of nitrogens with two attached hydrogens (primary N) is 1. The van der Waals surface area contributed by atoms with Crippen LogP contribution in [-0.4, -0.2) is 41.9 Å². The van der Waals surface area contributed by atoms with Crippen molar-refractivity contribution in [3.05, 3.63) is 0 Å². The molecule has 2 aliphatic heterocycles. The van der Waals surface area contributed by atoms with Gasteiger partial charge < -0.3 is 16.0 Å². The normalized spacial score (nSPS) is 34.3. The summed E-state index contributed by atoms with van der Waals surface area (Å²) in [6.45, 7) is 3.99. The van der Waals surface area contributed by atoms with Gasteiger partial charge in [0.2, 0.25) is 11.8 Å².